The second-order valence-electron chi connectivity index (χ2n) is 3.28. The average Bonchev–Trinajstić information content (AvgIpc) is 2.34. The number of rotatable bonds is 11. The molecule has 0 aromatic heterocycles. The molecule has 0 aliphatic rings. The van der Waals surface area contributed by atoms with Crippen molar-refractivity contribution in [3.63, 3.8) is 0 Å². The summed E-state index contributed by atoms with van der Waals surface area (Å²) >= 11 is 5.71. The number of thioether (sulfide) groups is 1. The lowest BCUT2D eigenvalue weighted by atomic mass is 10.3. The standard InChI is InChI=1S/C13H22O2S2/c1-3-4-7-13(2)10-14-8-5-6-9-15-11-17-12-16/h4-7,16H,2-3,8-12H2,1H3/b6-5-,7-4-. The van der Waals surface area contributed by atoms with E-state index in [1.807, 2.05) is 18.2 Å². The van der Waals surface area contributed by atoms with Gasteiger partial charge in [0.2, 0.25) is 0 Å². The topological polar surface area (TPSA) is 18.5 Å². The van der Waals surface area contributed by atoms with Crippen molar-refractivity contribution in [3.05, 3.63) is 36.5 Å². The monoisotopic (exact) mass is 274 g/mol. The maximum Gasteiger partial charge on any atom is 0.0933 e. The van der Waals surface area contributed by atoms with Gasteiger partial charge in [-0.05, 0) is 12.0 Å². The third-order valence-electron chi connectivity index (χ3n) is 1.73. The first-order valence-electron chi connectivity index (χ1n) is 5.64. The van der Waals surface area contributed by atoms with Crippen LogP contribution in [0.25, 0.3) is 0 Å². The number of hydrogen-bond acceptors (Lipinski definition) is 4. The first kappa shape index (κ1) is 16.8. The SMILES string of the molecule is C=C(/C=C\CC)COC/C=C\COCSCS. The van der Waals surface area contributed by atoms with Gasteiger partial charge in [-0.2, -0.15) is 12.6 Å². The van der Waals surface area contributed by atoms with E-state index in [0.29, 0.717) is 25.8 Å². The van der Waals surface area contributed by atoms with Crippen LogP contribution in [0.2, 0.25) is 0 Å². The molecule has 0 unspecified atom stereocenters. The Morgan fingerprint density at radius 1 is 1.24 bits per heavy atom. The van der Waals surface area contributed by atoms with Gasteiger partial charge in [0.15, 0.2) is 0 Å². The highest BCUT2D eigenvalue weighted by molar-refractivity contribution is 8.09. The van der Waals surface area contributed by atoms with E-state index in [9.17, 15) is 0 Å². The zero-order chi connectivity index (χ0) is 12.8. The van der Waals surface area contributed by atoms with Crippen molar-refractivity contribution in [2.75, 3.05) is 30.8 Å². The molecule has 0 aromatic rings. The predicted molar refractivity (Wildman–Crippen MR) is 80.8 cm³/mol. The average molecular weight is 274 g/mol. The van der Waals surface area contributed by atoms with Gasteiger partial charge in [-0.1, -0.05) is 37.8 Å². The van der Waals surface area contributed by atoms with Gasteiger partial charge in [0.05, 0.1) is 25.8 Å². The number of allylic oxidation sites excluding steroid dienone is 1. The molecule has 0 saturated carbocycles. The Bertz CT molecular complexity index is 238. The Morgan fingerprint density at radius 2 is 1.94 bits per heavy atom. The van der Waals surface area contributed by atoms with Crippen LogP contribution in [0, 0.1) is 0 Å². The molecule has 0 aromatic carbocycles. The fourth-order valence-corrected chi connectivity index (χ4v) is 1.45. The highest BCUT2D eigenvalue weighted by Gasteiger charge is 1.87. The molecule has 0 aliphatic heterocycles. The second-order valence-corrected chi connectivity index (χ2v) is 4.95. The van der Waals surface area contributed by atoms with Gasteiger partial charge in [-0.3, -0.25) is 0 Å². The van der Waals surface area contributed by atoms with Crippen molar-refractivity contribution < 1.29 is 9.47 Å². The number of ether oxygens (including phenoxy) is 2. The van der Waals surface area contributed by atoms with Gasteiger partial charge >= 0.3 is 0 Å². The zero-order valence-corrected chi connectivity index (χ0v) is 12.1. The number of thiol groups is 1. The molecule has 17 heavy (non-hydrogen) atoms. The molecule has 0 amide bonds. The Morgan fingerprint density at radius 3 is 2.59 bits per heavy atom. The molecule has 0 atom stereocenters. The Kier molecular flexibility index (Phi) is 13.8. The summed E-state index contributed by atoms with van der Waals surface area (Å²) in [5.74, 6) is 0.688. The van der Waals surface area contributed by atoms with E-state index in [0.717, 1.165) is 17.1 Å². The third kappa shape index (κ3) is 13.8. The quantitative estimate of drug-likeness (QED) is 0.204. The van der Waals surface area contributed by atoms with E-state index in [4.69, 9.17) is 9.47 Å². The third-order valence-corrected chi connectivity index (χ3v) is 2.79. The van der Waals surface area contributed by atoms with Crippen LogP contribution in [0.3, 0.4) is 0 Å². The predicted octanol–water partition coefficient (Wildman–Crippen LogP) is 3.68. The Balaban J connectivity index is 3.29. The van der Waals surface area contributed by atoms with E-state index < -0.39 is 0 Å². The fourth-order valence-electron chi connectivity index (χ4n) is 0.939. The highest BCUT2D eigenvalue weighted by Crippen LogP contribution is 2.01. The van der Waals surface area contributed by atoms with E-state index in [1.54, 1.807) is 11.8 Å². The maximum absolute atomic E-state index is 5.41. The zero-order valence-electron chi connectivity index (χ0n) is 10.4. The van der Waals surface area contributed by atoms with Gasteiger partial charge < -0.3 is 9.47 Å². The summed E-state index contributed by atoms with van der Waals surface area (Å²) in [7, 11) is 0. The van der Waals surface area contributed by atoms with Gasteiger partial charge in [-0.25, -0.2) is 0 Å². The van der Waals surface area contributed by atoms with Crippen LogP contribution >= 0.6 is 24.4 Å². The van der Waals surface area contributed by atoms with E-state index in [-0.39, 0.29) is 0 Å². The van der Waals surface area contributed by atoms with Gasteiger partial charge in [0.1, 0.15) is 0 Å². The van der Waals surface area contributed by atoms with E-state index >= 15 is 0 Å². The molecule has 4 heteroatoms. The smallest absolute Gasteiger partial charge is 0.0933 e. The lowest BCUT2D eigenvalue weighted by molar-refractivity contribution is 0.186. The second kappa shape index (κ2) is 13.9. The molecule has 0 saturated heterocycles. The van der Waals surface area contributed by atoms with Crippen molar-refractivity contribution in [3.8, 4) is 0 Å². The van der Waals surface area contributed by atoms with Crippen molar-refractivity contribution in [2.45, 2.75) is 13.3 Å². The van der Waals surface area contributed by atoms with Crippen LogP contribution < -0.4 is 0 Å². The minimum absolute atomic E-state index is 0.581. The minimum Gasteiger partial charge on any atom is -0.373 e. The van der Waals surface area contributed by atoms with Crippen molar-refractivity contribution in [1.82, 2.24) is 0 Å². The van der Waals surface area contributed by atoms with Gasteiger partial charge in [-0.15, -0.1) is 11.8 Å². The van der Waals surface area contributed by atoms with Crippen molar-refractivity contribution in [2.24, 2.45) is 0 Å². The summed E-state index contributed by atoms with van der Waals surface area (Å²) in [4.78, 5) is 0. The van der Waals surface area contributed by atoms with Crippen LogP contribution in [-0.2, 0) is 9.47 Å². The molecule has 0 heterocycles. The molecule has 0 aliphatic carbocycles. The lowest BCUT2D eigenvalue weighted by Crippen LogP contribution is -1.96. The Hall–Kier alpha value is -0.160. The van der Waals surface area contributed by atoms with E-state index in [1.165, 1.54) is 0 Å². The summed E-state index contributed by atoms with van der Waals surface area (Å²) in [5, 5.41) is 0.792. The molecule has 0 bridgehead atoms. The molecule has 0 spiro atoms. The minimum atomic E-state index is 0.581. The van der Waals surface area contributed by atoms with E-state index in [2.05, 4.69) is 32.2 Å². The Labute approximate surface area is 115 Å². The van der Waals surface area contributed by atoms with Crippen LogP contribution in [0.1, 0.15) is 13.3 Å². The van der Waals surface area contributed by atoms with Crippen molar-refractivity contribution >= 4 is 24.4 Å². The summed E-state index contributed by atoms with van der Waals surface area (Å²) in [6, 6.07) is 0. The van der Waals surface area contributed by atoms with Gasteiger partial charge in [0, 0.05) is 5.08 Å². The largest absolute Gasteiger partial charge is 0.373 e. The van der Waals surface area contributed by atoms with Crippen LogP contribution in [0.15, 0.2) is 36.5 Å². The summed E-state index contributed by atoms with van der Waals surface area (Å²) < 4.78 is 10.7. The molecular weight excluding hydrogens is 252 g/mol. The first-order chi connectivity index (χ1) is 8.31. The molecule has 2 nitrogen and oxygen atoms in total. The molecule has 0 radical (unpaired) electrons. The molecule has 0 N–H and O–H groups in total. The first-order valence-corrected chi connectivity index (χ1v) is 7.43. The number of hydrogen-bond donors (Lipinski definition) is 1. The molecule has 98 valence electrons. The van der Waals surface area contributed by atoms with Crippen LogP contribution in [-0.4, -0.2) is 30.8 Å². The van der Waals surface area contributed by atoms with Crippen LogP contribution in [0.4, 0.5) is 0 Å². The van der Waals surface area contributed by atoms with Crippen molar-refractivity contribution in [1.29, 1.82) is 0 Å². The summed E-state index contributed by atoms with van der Waals surface area (Å²) in [6.07, 6.45) is 9.03. The fraction of sp³-hybridized carbons (Fsp3) is 0.538. The molecular formula is C13H22O2S2. The molecule has 0 rings (SSSR count). The summed E-state index contributed by atoms with van der Waals surface area (Å²) in [6.45, 7) is 7.79. The maximum atomic E-state index is 5.41. The lowest BCUT2D eigenvalue weighted by Gasteiger charge is -2.00. The summed E-state index contributed by atoms with van der Waals surface area (Å²) in [5.41, 5.74) is 1.00. The highest BCUT2D eigenvalue weighted by atomic mass is 32.2. The normalized spacial score (nSPS) is 11.6. The molecule has 0 fully saturated rings. The van der Waals surface area contributed by atoms with Gasteiger partial charge in [0.25, 0.3) is 0 Å². The van der Waals surface area contributed by atoms with Crippen LogP contribution in [0.5, 0.6) is 0 Å².